The number of carbonyl (C=O) groups excluding carboxylic acids is 8. The highest BCUT2D eigenvalue weighted by Gasteiger charge is 2.57. The molecule has 10 atom stereocenters. The van der Waals surface area contributed by atoms with Crippen molar-refractivity contribution < 1.29 is 101 Å². The number of ether oxygens (including phenoxy) is 12. The second-order valence-corrected chi connectivity index (χ2v) is 12.2. The Kier molecular flexibility index (Phi) is 16.2. The smallest absolute Gasteiger partial charge is 0.306 e. The molecular formula is C32H46O20S. The van der Waals surface area contributed by atoms with Gasteiger partial charge in [0.25, 0.3) is 0 Å². The predicted molar refractivity (Wildman–Crippen MR) is 173 cm³/mol. The molecule has 53 heavy (non-hydrogen) atoms. The van der Waals surface area contributed by atoms with E-state index in [2.05, 4.69) is 4.74 Å². The topological polar surface area (TPSA) is 247 Å². The van der Waals surface area contributed by atoms with Gasteiger partial charge >= 0.3 is 47.8 Å². The molecule has 2 fully saturated rings. The standard InChI is InChI=1S/C32H46O20S/c1-15(33)43-13-22-25(45-17(3)35)27(46-18(4)36)30(49-21(7)39)32(51-22)52-26-23(14-44-16(2)34)50-31(42-10-12-53-11-9-24(40)41-8)29(48-20(6)38)28(26)47-19(5)37/h22-23,25-32H,9-14H2,1-8H3/t22-,23-,25+,26+,27+,28+,29-,30-,31-,32?/m1/s1/i1D,3D,4D,7D. The highest BCUT2D eigenvalue weighted by molar-refractivity contribution is 7.99. The molecule has 21 heteroatoms. The summed E-state index contributed by atoms with van der Waals surface area (Å²) in [6.07, 6.45) is -17.5. The van der Waals surface area contributed by atoms with Gasteiger partial charge in [-0.2, -0.15) is 11.8 Å². The number of rotatable bonds is 18. The molecule has 2 aliphatic rings. The van der Waals surface area contributed by atoms with Gasteiger partial charge in [-0.25, -0.2) is 0 Å². The first-order valence-electron chi connectivity index (χ1n) is 18.5. The van der Waals surface area contributed by atoms with Gasteiger partial charge in [0.1, 0.15) is 31.5 Å². The summed E-state index contributed by atoms with van der Waals surface area (Å²) in [4.78, 5) is 98.1. The largest absolute Gasteiger partial charge is 0.469 e. The molecule has 0 aromatic heterocycles. The summed E-state index contributed by atoms with van der Waals surface area (Å²) in [5, 5.41) is 0. The lowest BCUT2D eigenvalue weighted by Crippen LogP contribution is -2.67. The van der Waals surface area contributed by atoms with Crippen LogP contribution in [0.3, 0.4) is 0 Å². The van der Waals surface area contributed by atoms with E-state index in [0.29, 0.717) is 5.75 Å². The van der Waals surface area contributed by atoms with E-state index in [1.165, 1.54) is 18.9 Å². The van der Waals surface area contributed by atoms with E-state index < -0.39 is 150 Å². The summed E-state index contributed by atoms with van der Waals surface area (Å²) >= 11 is 1.31. The average molecular weight is 787 g/mol. The number of hydrogen-bond acceptors (Lipinski definition) is 21. The van der Waals surface area contributed by atoms with E-state index >= 15 is 0 Å². The molecule has 0 spiro atoms. The Morgan fingerprint density at radius 2 is 1.04 bits per heavy atom. The lowest BCUT2D eigenvalue weighted by Gasteiger charge is -2.48. The van der Waals surface area contributed by atoms with E-state index in [1.807, 2.05) is 0 Å². The Hall–Kier alpha value is -4.05. The average Bonchev–Trinajstić information content (AvgIpc) is 3.17. The van der Waals surface area contributed by atoms with Gasteiger partial charge in [-0.15, -0.1) is 0 Å². The fourth-order valence-electron chi connectivity index (χ4n) is 5.05. The van der Waals surface area contributed by atoms with Crippen LogP contribution < -0.4 is 0 Å². The molecule has 2 aliphatic heterocycles. The van der Waals surface area contributed by atoms with Crippen molar-refractivity contribution in [3.05, 3.63) is 0 Å². The van der Waals surface area contributed by atoms with Crippen LogP contribution in [0.2, 0.25) is 0 Å². The maximum absolute atomic E-state index is 12.6. The molecule has 0 aromatic carbocycles. The summed E-state index contributed by atoms with van der Waals surface area (Å²) in [6, 6.07) is 0. The van der Waals surface area contributed by atoms with Gasteiger partial charge in [0.05, 0.1) is 20.1 Å². The van der Waals surface area contributed by atoms with Gasteiger partial charge in [0.2, 0.25) is 0 Å². The zero-order valence-electron chi connectivity index (χ0n) is 33.4. The first-order chi connectivity index (χ1) is 27.1. The normalized spacial score (nSPS) is 29.0. The van der Waals surface area contributed by atoms with Crippen LogP contribution in [0.25, 0.3) is 0 Å². The summed E-state index contributed by atoms with van der Waals surface area (Å²) in [5.41, 5.74) is 0. The molecule has 300 valence electrons. The highest BCUT2D eigenvalue weighted by atomic mass is 32.2. The van der Waals surface area contributed by atoms with Crippen molar-refractivity contribution in [2.24, 2.45) is 0 Å². The molecule has 2 heterocycles. The molecule has 0 N–H and O–H groups in total. The summed E-state index contributed by atoms with van der Waals surface area (Å²) in [5.74, 6) is -7.28. The van der Waals surface area contributed by atoms with Crippen molar-refractivity contribution in [1.82, 2.24) is 0 Å². The Morgan fingerprint density at radius 1 is 0.566 bits per heavy atom. The first-order valence-corrected chi connectivity index (χ1v) is 16.9. The summed E-state index contributed by atoms with van der Waals surface area (Å²) in [7, 11) is 1.25. The minimum absolute atomic E-state index is 0.0794. The van der Waals surface area contributed by atoms with Crippen molar-refractivity contribution in [2.45, 2.75) is 116 Å². The van der Waals surface area contributed by atoms with Crippen LogP contribution >= 0.6 is 11.8 Å². The fourth-order valence-corrected chi connectivity index (χ4v) is 5.77. The van der Waals surface area contributed by atoms with Gasteiger partial charge in [0, 0.05) is 65.4 Å². The van der Waals surface area contributed by atoms with Crippen LogP contribution in [0.5, 0.6) is 0 Å². The Balaban J connectivity index is 2.70. The third-order valence-electron chi connectivity index (χ3n) is 6.93. The lowest BCUT2D eigenvalue weighted by atomic mass is 9.96. The third-order valence-corrected chi connectivity index (χ3v) is 7.88. The van der Waals surface area contributed by atoms with E-state index in [-0.39, 0.29) is 18.8 Å². The lowest BCUT2D eigenvalue weighted by molar-refractivity contribution is -0.360. The minimum atomic E-state index is -2.04. The molecule has 0 bridgehead atoms. The number of esters is 8. The van der Waals surface area contributed by atoms with Crippen LogP contribution in [0, 0.1) is 0 Å². The number of hydrogen-bond donors (Lipinski definition) is 0. The third kappa shape index (κ3) is 15.4. The van der Waals surface area contributed by atoms with Gasteiger partial charge in [0.15, 0.2) is 43.1 Å². The molecule has 0 saturated carbocycles. The second-order valence-electron chi connectivity index (χ2n) is 11.0. The quantitative estimate of drug-likeness (QED) is 0.100. The van der Waals surface area contributed by atoms with E-state index in [4.69, 9.17) is 57.6 Å². The first kappa shape index (κ1) is 38.7. The van der Waals surface area contributed by atoms with Crippen LogP contribution in [0.4, 0.5) is 0 Å². The maximum atomic E-state index is 12.6. The van der Waals surface area contributed by atoms with Gasteiger partial charge in [-0.3, -0.25) is 38.4 Å². The Labute approximate surface area is 314 Å². The van der Waals surface area contributed by atoms with Crippen molar-refractivity contribution >= 4 is 59.5 Å². The van der Waals surface area contributed by atoms with E-state index in [0.717, 1.165) is 20.8 Å². The maximum Gasteiger partial charge on any atom is 0.306 e. The van der Waals surface area contributed by atoms with E-state index in [9.17, 15) is 38.4 Å². The van der Waals surface area contributed by atoms with E-state index in [1.54, 1.807) is 0 Å². The molecule has 0 aliphatic carbocycles. The SMILES string of the molecule is [2H]CC(=O)OC[C@H]1OC(O[C@@H]2[C@H](OC(C)=O)[C@@H](OC(C)=O)[C@H](OCCSCCC(=O)OC)O[C@@H]2COC(C)=O)[C@H](OC(=O)C[2H])[C@@H](OC(=O)C[2H])[C@H]1OC(=O)C[2H]. The number of methoxy groups -OCH3 is 1. The summed E-state index contributed by atoms with van der Waals surface area (Å²) < 4.78 is 95.9. The van der Waals surface area contributed by atoms with Crippen LogP contribution in [-0.2, 0) is 95.2 Å². The molecule has 0 amide bonds. The van der Waals surface area contributed by atoms with Crippen molar-refractivity contribution in [2.75, 3.05) is 38.4 Å². The van der Waals surface area contributed by atoms with Gasteiger partial charge in [-0.05, 0) is 0 Å². The zero-order chi connectivity index (χ0) is 42.7. The second kappa shape index (κ2) is 22.2. The Bertz CT molecular complexity index is 1390. The van der Waals surface area contributed by atoms with Crippen molar-refractivity contribution in [3.8, 4) is 0 Å². The fraction of sp³-hybridized carbons (Fsp3) is 0.750. The number of thioether (sulfide) groups is 1. The monoisotopic (exact) mass is 786 g/mol. The molecule has 0 aromatic rings. The molecule has 20 nitrogen and oxygen atoms in total. The van der Waals surface area contributed by atoms with Crippen molar-refractivity contribution in [3.63, 3.8) is 0 Å². The van der Waals surface area contributed by atoms with Crippen LogP contribution in [-0.4, -0.2) is 148 Å². The molecule has 2 saturated heterocycles. The van der Waals surface area contributed by atoms with Gasteiger partial charge < -0.3 is 56.8 Å². The highest BCUT2D eigenvalue weighted by Crippen LogP contribution is 2.35. The van der Waals surface area contributed by atoms with Crippen LogP contribution in [0.15, 0.2) is 0 Å². The van der Waals surface area contributed by atoms with Gasteiger partial charge in [-0.1, -0.05) is 0 Å². The zero-order valence-corrected chi connectivity index (χ0v) is 30.2. The predicted octanol–water partition coefficient (Wildman–Crippen LogP) is -0.0810. The summed E-state index contributed by atoms with van der Waals surface area (Å²) in [6.45, 7) is -2.32. The molecule has 1 unspecified atom stereocenters. The van der Waals surface area contributed by atoms with Crippen LogP contribution in [0.1, 0.15) is 60.3 Å². The minimum Gasteiger partial charge on any atom is -0.469 e. The Morgan fingerprint density at radius 3 is 1.60 bits per heavy atom. The van der Waals surface area contributed by atoms with Crippen molar-refractivity contribution in [1.29, 1.82) is 0 Å². The molecular weight excluding hydrogens is 736 g/mol. The number of carbonyl (C=O) groups is 8. The molecule has 0 radical (unpaired) electrons. The molecule has 2 rings (SSSR count).